The van der Waals surface area contributed by atoms with Gasteiger partial charge in [0.25, 0.3) is 0 Å². The zero-order valence-electron chi connectivity index (χ0n) is 13.8. The second kappa shape index (κ2) is 7.14. The van der Waals surface area contributed by atoms with Gasteiger partial charge < -0.3 is 10.1 Å². The van der Waals surface area contributed by atoms with Gasteiger partial charge in [-0.25, -0.2) is 4.39 Å². The third-order valence-corrected chi connectivity index (χ3v) is 4.73. The summed E-state index contributed by atoms with van der Waals surface area (Å²) in [7, 11) is 0. The lowest BCUT2D eigenvalue weighted by Gasteiger charge is -2.26. The summed E-state index contributed by atoms with van der Waals surface area (Å²) in [6.07, 6.45) is 2.17. The summed E-state index contributed by atoms with van der Waals surface area (Å²) in [5, 5.41) is 3.41. The van der Waals surface area contributed by atoms with E-state index in [9.17, 15) is 4.39 Å². The van der Waals surface area contributed by atoms with Crippen molar-refractivity contribution in [2.24, 2.45) is 0 Å². The molecule has 1 heterocycles. The molecule has 1 N–H and O–H groups in total. The Morgan fingerprint density at radius 3 is 2.61 bits per heavy atom. The predicted octanol–water partition coefficient (Wildman–Crippen LogP) is 4.74. The third-order valence-electron chi connectivity index (χ3n) is 4.73. The molecule has 3 heteroatoms. The number of hydrogen-bond donors (Lipinski definition) is 1. The maximum Gasteiger partial charge on any atom is 0.123 e. The van der Waals surface area contributed by atoms with Crippen molar-refractivity contribution in [3.63, 3.8) is 0 Å². The van der Waals surface area contributed by atoms with E-state index in [1.807, 2.05) is 19.1 Å². The predicted molar refractivity (Wildman–Crippen MR) is 91.5 cm³/mol. The van der Waals surface area contributed by atoms with Crippen molar-refractivity contribution in [1.29, 1.82) is 0 Å². The van der Waals surface area contributed by atoms with Crippen molar-refractivity contribution in [2.45, 2.75) is 38.7 Å². The Morgan fingerprint density at radius 2 is 1.87 bits per heavy atom. The molecule has 23 heavy (non-hydrogen) atoms. The van der Waals surface area contributed by atoms with Crippen LogP contribution >= 0.6 is 0 Å². The Balaban J connectivity index is 1.80. The Morgan fingerprint density at radius 1 is 1.13 bits per heavy atom. The maximum absolute atomic E-state index is 13.4. The van der Waals surface area contributed by atoms with Crippen LogP contribution in [0.2, 0.25) is 0 Å². The van der Waals surface area contributed by atoms with Crippen LogP contribution in [0.25, 0.3) is 0 Å². The largest absolute Gasteiger partial charge is 0.486 e. The van der Waals surface area contributed by atoms with Gasteiger partial charge in [0, 0.05) is 0 Å². The Kier molecular flexibility index (Phi) is 4.97. The highest BCUT2D eigenvalue weighted by Crippen LogP contribution is 2.34. The van der Waals surface area contributed by atoms with E-state index in [1.54, 1.807) is 6.07 Å². The highest BCUT2D eigenvalue weighted by Gasteiger charge is 2.19. The summed E-state index contributed by atoms with van der Waals surface area (Å²) in [4.78, 5) is 0. The summed E-state index contributed by atoms with van der Waals surface area (Å²) in [5.74, 6) is 1.28. The molecule has 2 nitrogen and oxygen atoms in total. The molecule has 122 valence electrons. The van der Waals surface area contributed by atoms with Gasteiger partial charge in [0.2, 0.25) is 0 Å². The van der Waals surface area contributed by atoms with Crippen LogP contribution in [0.1, 0.15) is 48.5 Å². The Bertz CT molecular complexity index is 664. The van der Waals surface area contributed by atoms with Crippen molar-refractivity contribution >= 4 is 0 Å². The molecule has 1 saturated heterocycles. The summed E-state index contributed by atoms with van der Waals surface area (Å²) < 4.78 is 19.5. The summed E-state index contributed by atoms with van der Waals surface area (Å²) >= 11 is 0. The number of hydrogen-bond acceptors (Lipinski definition) is 2. The van der Waals surface area contributed by atoms with Crippen LogP contribution in [0.3, 0.4) is 0 Å². The van der Waals surface area contributed by atoms with Crippen LogP contribution in [0.5, 0.6) is 5.75 Å². The summed E-state index contributed by atoms with van der Waals surface area (Å²) in [6, 6.07) is 12.9. The van der Waals surface area contributed by atoms with Crippen molar-refractivity contribution in [1.82, 2.24) is 5.32 Å². The van der Waals surface area contributed by atoms with Gasteiger partial charge in [0.05, 0.1) is 0 Å². The highest BCUT2D eigenvalue weighted by molar-refractivity contribution is 5.41. The maximum atomic E-state index is 13.4. The molecular weight excluding hydrogens is 289 g/mol. The fourth-order valence-corrected chi connectivity index (χ4v) is 3.35. The quantitative estimate of drug-likeness (QED) is 0.880. The minimum atomic E-state index is -0.224. The molecule has 1 aliphatic rings. The average Bonchev–Trinajstić information content (AvgIpc) is 2.57. The van der Waals surface area contributed by atoms with Gasteiger partial charge in [-0.2, -0.15) is 0 Å². The minimum Gasteiger partial charge on any atom is -0.486 e. The van der Waals surface area contributed by atoms with Crippen LogP contribution in [0.15, 0.2) is 42.5 Å². The van der Waals surface area contributed by atoms with Crippen LogP contribution in [0.4, 0.5) is 4.39 Å². The second-order valence-electron chi connectivity index (χ2n) is 6.31. The Labute approximate surface area is 137 Å². The number of benzene rings is 2. The fourth-order valence-electron chi connectivity index (χ4n) is 3.35. The number of nitrogens with one attached hydrogen (secondary N) is 1. The van der Waals surface area contributed by atoms with Gasteiger partial charge in [0.1, 0.15) is 17.7 Å². The molecule has 1 aliphatic heterocycles. The van der Waals surface area contributed by atoms with Crippen molar-refractivity contribution in [2.75, 3.05) is 13.1 Å². The van der Waals surface area contributed by atoms with Crippen molar-refractivity contribution in [3.8, 4) is 5.75 Å². The monoisotopic (exact) mass is 313 g/mol. The Hall–Kier alpha value is -1.87. The molecular formula is C20H24FNO. The van der Waals surface area contributed by atoms with Gasteiger partial charge in [-0.1, -0.05) is 24.3 Å². The van der Waals surface area contributed by atoms with E-state index in [0.29, 0.717) is 5.92 Å². The lowest BCUT2D eigenvalue weighted by molar-refractivity contribution is 0.224. The molecule has 0 aliphatic carbocycles. The zero-order chi connectivity index (χ0) is 16.2. The van der Waals surface area contributed by atoms with Crippen LogP contribution in [0, 0.1) is 12.7 Å². The normalized spacial score (nSPS) is 17.0. The highest BCUT2D eigenvalue weighted by atomic mass is 19.1. The minimum absolute atomic E-state index is 0.173. The van der Waals surface area contributed by atoms with Gasteiger partial charge in [0.15, 0.2) is 0 Å². The summed E-state index contributed by atoms with van der Waals surface area (Å²) in [6.45, 7) is 6.25. The molecule has 2 aromatic carbocycles. The van der Waals surface area contributed by atoms with E-state index in [1.165, 1.54) is 36.1 Å². The first kappa shape index (κ1) is 16.0. The summed E-state index contributed by atoms with van der Waals surface area (Å²) in [5.41, 5.74) is 3.45. The van der Waals surface area contributed by atoms with Gasteiger partial charge in [-0.3, -0.25) is 0 Å². The van der Waals surface area contributed by atoms with Crippen LogP contribution in [-0.4, -0.2) is 13.1 Å². The number of piperidine rings is 1. The molecule has 1 fully saturated rings. The van der Waals surface area contributed by atoms with E-state index >= 15 is 0 Å². The van der Waals surface area contributed by atoms with E-state index < -0.39 is 0 Å². The fraction of sp³-hybridized carbons (Fsp3) is 0.400. The van der Waals surface area contributed by atoms with E-state index in [2.05, 4.69) is 24.4 Å². The number of halogens is 1. The molecule has 0 unspecified atom stereocenters. The first-order valence-electron chi connectivity index (χ1n) is 8.37. The first-order chi connectivity index (χ1) is 11.1. The number of ether oxygens (including phenoxy) is 1. The van der Waals surface area contributed by atoms with Crippen LogP contribution < -0.4 is 10.1 Å². The molecule has 0 amide bonds. The molecule has 0 aromatic heterocycles. The second-order valence-corrected chi connectivity index (χ2v) is 6.31. The van der Waals surface area contributed by atoms with E-state index in [-0.39, 0.29) is 11.9 Å². The van der Waals surface area contributed by atoms with E-state index in [0.717, 1.165) is 24.4 Å². The lowest BCUT2D eigenvalue weighted by Crippen LogP contribution is -2.27. The molecule has 0 saturated carbocycles. The molecule has 2 aromatic rings. The lowest BCUT2D eigenvalue weighted by atomic mass is 9.87. The van der Waals surface area contributed by atoms with Gasteiger partial charge in [-0.15, -0.1) is 0 Å². The topological polar surface area (TPSA) is 21.3 Å². The smallest absolute Gasteiger partial charge is 0.123 e. The molecule has 3 rings (SSSR count). The standard InChI is InChI=1S/C20H24FNO/c1-14-19(16-9-11-22-12-10-16)7-4-8-20(14)23-15(2)17-5-3-6-18(21)13-17/h3-8,13,15-16,22H,9-12H2,1-2H3/t15-/m0/s1. The average molecular weight is 313 g/mol. The zero-order valence-corrected chi connectivity index (χ0v) is 13.8. The van der Waals surface area contributed by atoms with Gasteiger partial charge in [-0.05, 0) is 80.6 Å². The number of rotatable bonds is 4. The first-order valence-corrected chi connectivity index (χ1v) is 8.37. The molecule has 1 atom stereocenters. The van der Waals surface area contributed by atoms with Crippen molar-refractivity contribution < 1.29 is 9.13 Å². The SMILES string of the molecule is Cc1c(O[C@@H](C)c2cccc(F)c2)cccc1C1CCNCC1. The van der Waals surface area contributed by atoms with Gasteiger partial charge >= 0.3 is 0 Å². The van der Waals surface area contributed by atoms with E-state index in [4.69, 9.17) is 4.74 Å². The molecule has 0 radical (unpaired) electrons. The van der Waals surface area contributed by atoms with Crippen molar-refractivity contribution in [3.05, 3.63) is 65.0 Å². The van der Waals surface area contributed by atoms with Crippen LogP contribution in [-0.2, 0) is 0 Å². The third kappa shape index (κ3) is 3.73. The molecule has 0 bridgehead atoms. The molecule has 0 spiro atoms.